The van der Waals surface area contributed by atoms with Gasteiger partial charge in [0, 0.05) is 11.6 Å². The fraction of sp³-hybridized carbons (Fsp3) is 0.333. The number of halogens is 2. The van der Waals surface area contributed by atoms with Crippen molar-refractivity contribution in [1.29, 1.82) is 0 Å². The third-order valence-electron chi connectivity index (χ3n) is 2.05. The average molecular weight is 322 g/mol. The lowest BCUT2D eigenvalue weighted by molar-refractivity contribution is -0.142. The van der Waals surface area contributed by atoms with Gasteiger partial charge in [-0.1, -0.05) is 23.2 Å². The number of carbonyl (C=O) groups excluding carboxylic acids is 1. The maximum atomic E-state index is 11.4. The maximum absolute atomic E-state index is 11.4. The molecule has 1 amide bonds. The standard InChI is InChI=1S/C12H13Cl2NO5/c13-8-1-2-10(9(14)5-8)20-6-11(16)15-3-4-19-7-12(17)18/h1-2,5H,3-4,6-7H2,(H,15,16)(H,17,18). The van der Waals surface area contributed by atoms with Crippen LogP contribution in [0.25, 0.3) is 0 Å². The molecule has 0 aliphatic heterocycles. The van der Waals surface area contributed by atoms with E-state index in [1.54, 1.807) is 12.1 Å². The molecule has 1 rings (SSSR count). The summed E-state index contributed by atoms with van der Waals surface area (Å²) < 4.78 is 9.96. The zero-order valence-electron chi connectivity index (χ0n) is 10.4. The monoisotopic (exact) mass is 321 g/mol. The van der Waals surface area contributed by atoms with Crippen molar-refractivity contribution in [3.05, 3.63) is 28.2 Å². The van der Waals surface area contributed by atoms with Crippen LogP contribution < -0.4 is 10.1 Å². The molecule has 0 saturated carbocycles. The Balaban J connectivity index is 2.21. The van der Waals surface area contributed by atoms with E-state index >= 15 is 0 Å². The fourth-order valence-electron chi connectivity index (χ4n) is 1.21. The predicted molar refractivity (Wildman–Crippen MR) is 73.4 cm³/mol. The predicted octanol–water partition coefficient (Wildman–Crippen LogP) is 1.59. The number of ether oxygens (including phenoxy) is 2. The van der Waals surface area contributed by atoms with Crippen molar-refractivity contribution in [3.63, 3.8) is 0 Å². The van der Waals surface area contributed by atoms with Crippen LogP contribution in [0.4, 0.5) is 0 Å². The van der Waals surface area contributed by atoms with Crippen molar-refractivity contribution >= 4 is 35.1 Å². The summed E-state index contributed by atoms with van der Waals surface area (Å²) in [5.41, 5.74) is 0. The summed E-state index contributed by atoms with van der Waals surface area (Å²) in [4.78, 5) is 21.6. The maximum Gasteiger partial charge on any atom is 0.329 e. The Bertz CT molecular complexity index is 481. The van der Waals surface area contributed by atoms with E-state index in [0.717, 1.165) is 0 Å². The number of benzene rings is 1. The minimum absolute atomic E-state index is 0.111. The van der Waals surface area contributed by atoms with Gasteiger partial charge in [0.15, 0.2) is 6.61 Å². The van der Waals surface area contributed by atoms with E-state index < -0.39 is 12.6 Å². The van der Waals surface area contributed by atoms with E-state index in [1.807, 2.05) is 0 Å². The Kier molecular flexibility index (Phi) is 7.14. The van der Waals surface area contributed by atoms with Gasteiger partial charge in [0.25, 0.3) is 5.91 Å². The first-order valence-electron chi connectivity index (χ1n) is 5.63. The van der Waals surface area contributed by atoms with Gasteiger partial charge >= 0.3 is 5.97 Å². The smallest absolute Gasteiger partial charge is 0.329 e. The van der Waals surface area contributed by atoms with Gasteiger partial charge in [-0.3, -0.25) is 4.79 Å². The van der Waals surface area contributed by atoms with E-state index in [-0.39, 0.29) is 25.7 Å². The van der Waals surface area contributed by atoms with Gasteiger partial charge in [0.05, 0.1) is 11.6 Å². The molecule has 0 fully saturated rings. The quantitative estimate of drug-likeness (QED) is 0.710. The van der Waals surface area contributed by atoms with E-state index in [0.29, 0.717) is 15.8 Å². The molecule has 0 aromatic heterocycles. The number of amides is 1. The summed E-state index contributed by atoms with van der Waals surface area (Å²) in [6.45, 7) is -0.295. The summed E-state index contributed by atoms with van der Waals surface area (Å²) in [6, 6.07) is 4.67. The Morgan fingerprint density at radius 3 is 2.65 bits per heavy atom. The van der Waals surface area contributed by atoms with Crippen molar-refractivity contribution in [2.24, 2.45) is 0 Å². The summed E-state index contributed by atoms with van der Waals surface area (Å²) in [5, 5.41) is 11.6. The minimum atomic E-state index is -1.06. The molecule has 20 heavy (non-hydrogen) atoms. The van der Waals surface area contributed by atoms with E-state index in [2.05, 4.69) is 5.32 Å². The molecule has 110 valence electrons. The largest absolute Gasteiger partial charge is 0.482 e. The van der Waals surface area contributed by atoms with Crippen LogP contribution in [0.15, 0.2) is 18.2 Å². The lowest BCUT2D eigenvalue weighted by Crippen LogP contribution is -2.32. The molecule has 0 aliphatic carbocycles. The fourth-order valence-corrected chi connectivity index (χ4v) is 1.67. The van der Waals surface area contributed by atoms with Crippen LogP contribution in [0.2, 0.25) is 10.0 Å². The second-order valence-electron chi connectivity index (χ2n) is 3.66. The summed E-state index contributed by atoms with van der Waals surface area (Å²) in [7, 11) is 0. The Morgan fingerprint density at radius 1 is 1.25 bits per heavy atom. The number of carboxylic acids is 1. The molecule has 0 heterocycles. The van der Waals surface area contributed by atoms with Gasteiger partial charge in [0.1, 0.15) is 12.4 Å². The second-order valence-corrected chi connectivity index (χ2v) is 4.50. The molecule has 0 saturated heterocycles. The molecule has 6 nitrogen and oxygen atoms in total. The van der Waals surface area contributed by atoms with Crippen LogP contribution in [0.5, 0.6) is 5.75 Å². The molecule has 0 atom stereocenters. The molecule has 0 bridgehead atoms. The minimum Gasteiger partial charge on any atom is -0.482 e. The number of aliphatic carboxylic acids is 1. The Hall–Kier alpha value is -1.50. The van der Waals surface area contributed by atoms with E-state index in [1.165, 1.54) is 6.07 Å². The molecule has 8 heteroatoms. The SMILES string of the molecule is O=C(O)COCCNC(=O)COc1ccc(Cl)cc1Cl. The average Bonchev–Trinajstić information content (AvgIpc) is 2.37. The van der Waals surface area contributed by atoms with E-state index in [9.17, 15) is 9.59 Å². The van der Waals surface area contributed by atoms with Crippen LogP contribution in [-0.4, -0.2) is 43.3 Å². The summed E-state index contributed by atoms with van der Waals surface area (Å²) in [5.74, 6) is -1.07. The van der Waals surface area contributed by atoms with Crippen LogP contribution in [0.3, 0.4) is 0 Å². The first-order valence-corrected chi connectivity index (χ1v) is 6.38. The second kappa shape index (κ2) is 8.63. The number of hydrogen-bond donors (Lipinski definition) is 2. The van der Waals surface area contributed by atoms with Crippen LogP contribution in [0.1, 0.15) is 0 Å². The molecule has 2 N–H and O–H groups in total. The van der Waals surface area contributed by atoms with Crippen molar-refractivity contribution in [1.82, 2.24) is 5.32 Å². The van der Waals surface area contributed by atoms with Crippen molar-refractivity contribution in [3.8, 4) is 5.75 Å². The molecule has 1 aromatic carbocycles. The van der Waals surface area contributed by atoms with E-state index in [4.69, 9.17) is 37.8 Å². The molecule has 0 aliphatic rings. The third kappa shape index (κ3) is 6.60. The van der Waals surface area contributed by atoms with Crippen molar-refractivity contribution < 1.29 is 24.2 Å². The number of carboxylic acid groups (broad SMARTS) is 1. The Morgan fingerprint density at radius 2 is 2.00 bits per heavy atom. The van der Waals surface area contributed by atoms with Gasteiger partial charge in [-0.15, -0.1) is 0 Å². The first-order chi connectivity index (χ1) is 9.49. The zero-order valence-corrected chi connectivity index (χ0v) is 11.9. The topological polar surface area (TPSA) is 84.9 Å². The molecule has 0 spiro atoms. The Labute approximate surface area is 125 Å². The highest BCUT2D eigenvalue weighted by Gasteiger charge is 2.06. The van der Waals surface area contributed by atoms with Crippen LogP contribution >= 0.6 is 23.2 Å². The molecular formula is C12H13Cl2NO5. The normalized spacial score (nSPS) is 10.1. The molecule has 1 aromatic rings. The highest BCUT2D eigenvalue weighted by Crippen LogP contribution is 2.27. The lowest BCUT2D eigenvalue weighted by atomic mass is 10.3. The van der Waals surface area contributed by atoms with Crippen LogP contribution in [-0.2, 0) is 14.3 Å². The van der Waals surface area contributed by atoms with Gasteiger partial charge in [-0.2, -0.15) is 0 Å². The number of nitrogens with one attached hydrogen (secondary N) is 1. The van der Waals surface area contributed by atoms with Crippen molar-refractivity contribution in [2.45, 2.75) is 0 Å². The summed E-state index contributed by atoms with van der Waals surface area (Å²) >= 11 is 11.6. The molecular weight excluding hydrogens is 309 g/mol. The van der Waals surface area contributed by atoms with Crippen molar-refractivity contribution in [2.75, 3.05) is 26.4 Å². The van der Waals surface area contributed by atoms with Gasteiger partial charge < -0.3 is 19.9 Å². The van der Waals surface area contributed by atoms with Gasteiger partial charge in [-0.05, 0) is 18.2 Å². The molecule has 0 radical (unpaired) electrons. The van der Waals surface area contributed by atoms with Gasteiger partial charge in [0.2, 0.25) is 0 Å². The number of hydrogen-bond acceptors (Lipinski definition) is 4. The first kappa shape index (κ1) is 16.6. The lowest BCUT2D eigenvalue weighted by Gasteiger charge is -2.09. The summed E-state index contributed by atoms with van der Waals surface area (Å²) in [6.07, 6.45) is 0. The highest BCUT2D eigenvalue weighted by molar-refractivity contribution is 6.35. The zero-order chi connectivity index (χ0) is 15.0. The molecule has 0 unspecified atom stereocenters. The van der Waals surface area contributed by atoms with Crippen LogP contribution in [0, 0.1) is 0 Å². The number of carbonyl (C=O) groups is 2. The van der Waals surface area contributed by atoms with Gasteiger partial charge in [-0.25, -0.2) is 4.79 Å². The number of rotatable bonds is 8. The highest BCUT2D eigenvalue weighted by atomic mass is 35.5. The third-order valence-corrected chi connectivity index (χ3v) is 2.58.